The molecule has 0 spiro atoms. The molecule has 1 aliphatic heterocycles. The first-order valence-electron chi connectivity index (χ1n) is 6.68. The van der Waals surface area contributed by atoms with Crippen LogP contribution < -0.4 is 0 Å². The number of methoxy groups -OCH3 is 1. The number of nitrogens with zero attached hydrogens (tertiary/aromatic N) is 3. The monoisotopic (exact) mass is 339 g/mol. The van der Waals surface area contributed by atoms with Crippen molar-refractivity contribution in [3.63, 3.8) is 0 Å². The molecule has 1 rings (SSSR count). The summed E-state index contributed by atoms with van der Waals surface area (Å²) < 4.78 is 10.3. The van der Waals surface area contributed by atoms with Crippen molar-refractivity contribution in [2.45, 2.75) is 37.8 Å². The third-order valence-electron chi connectivity index (χ3n) is 3.49. The van der Waals surface area contributed by atoms with Crippen molar-refractivity contribution >= 4 is 0 Å². The highest BCUT2D eigenvalue weighted by Crippen LogP contribution is 2.33. The van der Waals surface area contributed by atoms with Gasteiger partial charge in [0.1, 0.15) is 18.3 Å². The first-order chi connectivity index (χ1) is 10.8. The Morgan fingerprint density at radius 3 is 2.00 bits per heavy atom. The van der Waals surface area contributed by atoms with Crippen molar-refractivity contribution in [2.24, 2.45) is 5.92 Å². The van der Waals surface area contributed by atoms with Crippen LogP contribution >= 0.6 is 0 Å². The van der Waals surface area contributed by atoms with E-state index >= 15 is 0 Å². The Kier molecular flexibility index (Phi) is 6.84. The minimum absolute atomic E-state index is 0.203. The summed E-state index contributed by atoms with van der Waals surface area (Å²) in [5, 5.41) is 29.9. The number of hydrogen-bond acceptors (Lipinski definition) is 10. The minimum atomic E-state index is -1.44. The summed E-state index contributed by atoms with van der Waals surface area (Å²) in [6.45, 7) is 0.777. The van der Waals surface area contributed by atoms with Gasteiger partial charge in [-0.25, -0.2) is 0 Å². The molecule has 1 aliphatic rings. The van der Waals surface area contributed by atoms with E-state index in [0.717, 1.165) is 0 Å². The van der Waals surface area contributed by atoms with Crippen LogP contribution in [0.25, 0.3) is 0 Å². The van der Waals surface area contributed by atoms with E-state index in [1.54, 1.807) is 6.92 Å². The molecule has 0 saturated carbocycles. The van der Waals surface area contributed by atoms with Crippen LogP contribution in [0.3, 0.4) is 0 Å². The zero-order chi connectivity index (χ0) is 17.6. The minimum Gasteiger partial charge on any atom is -0.382 e. The molecular formula is C10H17N3O10. The summed E-state index contributed by atoms with van der Waals surface area (Å²) in [6.07, 6.45) is -4.77. The van der Waals surface area contributed by atoms with E-state index < -0.39 is 52.0 Å². The molecule has 13 nitrogen and oxygen atoms in total. The van der Waals surface area contributed by atoms with Crippen LogP contribution in [-0.4, -0.2) is 59.8 Å². The molecule has 0 aliphatic carbocycles. The number of hydrogen-bond donors (Lipinski definition) is 0. The Hall–Kier alpha value is -2.28. The molecule has 1 saturated heterocycles. The molecule has 0 aromatic heterocycles. The van der Waals surface area contributed by atoms with Crippen molar-refractivity contribution < 1.29 is 34.2 Å². The van der Waals surface area contributed by atoms with Crippen molar-refractivity contribution in [3.8, 4) is 0 Å². The maximum Gasteiger partial charge on any atom is 0.294 e. The van der Waals surface area contributed by atoms with E-state index in [9.17, 15) is 30.3 Å². The van der Waals surface area contributed by atoms with Crippen LogP contribution in [-0.2, 0) is 19.1 Å². The highest BCUT2D eigenvalue weighted by atomic mass is 17.0. The molecule has 13 heteroatoms. The van der Waals surface area contributed by atoms with Gasteiger partial charge in [-0.3, -0.25) is 10.1 Å². The second kappa shape index (κ2) is 8.38. The molecule has 0 radical (unpaired) electrons. The molecule has 1 fully saturated rings. The lowest BCUT2D eigenvalue weighted by Gasteiger charge is -2.42. The third kappa shape index (κ3) is 5.14. The Morgan fingerprint density at radius 1 is 1.00 bits per heavy atom. The summed E-state index contributed by atoms with van der Waals surface area (Å²) in [7, 11) is 1.28. The quantitative estimate of drug-likeness (QED) is 0.407. The van der Waals surface area contributed by atoms with Crippen LogP contribution in [0, 0.1) is 36.3 Å². The number of ether oxygens (including phenoxy) is 2. The van der Waals surface area contributed by atoms with Crippen LogP contribution in [0.1, 0.15) is 13.3 Å². The zero-order valence-electron chi connectivity index (χ0n) is 12.4. The number of nitro groups is 1. The maximum absolute atomic E-state index is 10.8. The predicted octanol–water partition coefficient (Wildman–Crippen LogP) is -0.143. The van der Waals surface area contributed by atoms with Gasteiger partial charge in [-0.15, -0.1) is 20.2 Å². The Bertz CT molecular complexity index is 447. The molecule has 5 unspecified atom stereocenters. The molecule has 0 aromatic carbocycles. The lowest BCUT2D eigenvalue weighted by atomic mass is 9.84. The van der Waals surface area contributed by atoms with E-state index in [0.29, 0.717) is 0 Å². The van der Waals surface area contributed by atoms with Gasteiger partial charge in [0.2, 0.25) is 6.54 Å². The van der Waals surface area contributed by atoms with E-state index in [4.69, 9.17) is 9.47 Å². The van der Waals surface area contributed by atoms with Gasteiger partial charge < -0.3 is 19.1 Å². The summed E-state index contributed by atoms with van der Waals surface area (Å²) >= 11 is 0. The van der Waals surface area contributed by atoms with Crippen molar-refractivity contribution in [2.75, 3.05) is 20.3 Å². The SMILES string of the molecule is CCC1C(C[N+](=O)[O-])OC(COC)C(O[N+](=O)[O-])C1O[N+](=O)[O-]. The van der Waals surface area contributed by atoms with Gasteiger partial charge in [0, 0.05) is 18.0 Å². The van der Waals surface area contributed by atoms with Crippen LogP contribution in [0.2, 0.25) is 0 Å². The summed E-state index contributed by atoms with van der Waals surface area (Å²) in [5.41, 5.74) is 0. The fourth-order valence-corrected chi connectivity index (χ4v) is 2.65. The molecular weight excluding hydrogens is 322 g/mol. The second-order valence-electron chi connectivity index (χ2n) is 4.84. The average molecular weight is 339 g/mol. The standard InChI is InChI=1S/C10H17N3O10/c1-3-6-7(4-11(14)15)21-8(5-20-2)10(23-13(18)19)9(6)22-12(16)17/h6-10H,3-5H2,1-2H3. The third-order valence-corrected chi connectivity index (χ3v) is 3.49. The van der Waals surface area contributed by atoms with Gasteiger partial charge in [0.15, 0.2) is 6.10 Å². The van der Waals surface area contributed by atoms with Gasteiger partial charge in [0.25, 0.3) is 10.2 Å². The Balaban J connectivity index is 3.13. The highest BCUT2D eigenvalue weighted by Gasteiger charge is 2.50. The lowest BCUT2D eigenvalue weighted by molar-refractivity contribution is -0.805. The molecule has 1 heterocycles. The predicted molar refractivity (Wildman–Crippen MR) is 69.9 cm³/mol. The van der Waals surface area contributed by atoms with Gasteiger partial charge in [-0.1, -0.05) is 6.92 Å². The first-order valence-corrected chi connectivity index (χ1v) is 6.68. The molecule has 23 heavy (non-hydrogen) atoms. The van der Waals surface area contributed by atoms with Gasteiger partial charge in [-0.2, -0.15) is 0 Å². The van der Waals surface area contributed by atoms with Crippen molar-refractivity contribution in [1.82, 2.24) is 0 Å². The van der Waals surface area contributed by atoms with Crippen molar-refractivity contribution in [1.29, 1.82) is 0 Å². The molecule has 0 bridgehead atoms. The van der Waals surface area contributed by atoms with E-state index in [-0.39, 0.29) is 13.0 Å². The molecule has 0 amide bonds. The van der Waals surface area contributed by atoms with E-state index in [1.165, 1.54) is 7.11 Å². The highest BCUT2D eigenvalue weighted by molar-refractivity contribution is 4.92. The first kappa shape index (κ1) is 18.8. The van der Waals surface area contributed by atoms with Gasteiger partial charge >= 0.3 is 0 Å². The fourth-order valence-electron chi connectivity index (χ4n) is 2.65. The van der Waals surface area contributed by atoms with E-state index in [2.05, 4.69) is 9.68 Å². The zero-order valence-corrected chi connectivity index (χ0v) is 12.4. The molecule has 5 atom stereocenters. The molecule has 0 aromatic rings. The maximum atomic E-state index is 10.8. The topological polar surface area (TPSA) is 166 Å². The number of rotatable bonds is 9. The Morgan fingerprint density at radius 2 is 1.57 bits per heavy atom. The van der Waals surface area contributed by atoms with Crippen LogP contribution in [0.4, 0.5) is 0 Å². The summed E-state index contributed by atoms with van der Waals surface area (Å²) in [6, 6.07) is 0. The van der Waals surface area contributed by atoms with Gasteiger partial charge in [0.05, 0.1) is 6.61 Å². The summed E-state index contributed by atoms with van der Waals surface area (Å²) in [5.74, 6) is -0.830. The smallest absolute Gasteiger partial charge is 0.294 e. The lowest BCUT2D eigenvalue weighted by Crippen LogP contribution is -2.59. The Labute approximate surface area is 129 Å². The van der Waals surface area contributed by atoms with Gasteiger partial charge in [-0.05, 0) is 6.42 Å². The van der Waals surface area contributed by atoms with Crippen molar-refractivity contribution in [3.05, 3.63) is 30.3 Å². The van der Waals surface area contributed by atoms with E-state index in [1.807, 2.05) is 0 Å². The molecule has 132 valence electrons. The van der Waals surface area contributed by atoms with Crippen LogP contribution in [0.15, 0.2) is 0 Å². The normalized spacial score (nSPS) is 30.4. The van der Waals surface area contributed by atoms with Crippen LogP contribution in [0.5, 0.6) is 0 Å². The largest absolute Gasteiger partial charge is 0.382 e. The molecule has 0 N–H and O–H groups in total. The summed E-state index contributed by atoms with van der Waals surface area (Å²) in [4.78, 5) is 40.5. The second-order valence-corrected chi connectivity index (χ2v) is 4.84. The fraction of sp³-hybridized carbons (Fsp3) is 1.00. The average Bonchev–Trinajstić information content (AvgIpc) is 2.41.